The highest BCUT2D eigenvalue weighted by molar-refractivity contribution is 7.92. The number of non-ortho nitro benzene ring substituents is 1. The van der Waals surface area contributed by atoms with Crippen LogP contribution in [-0.2, 0) is 15.4 Å². The number of nitro groups is 1. The Balaban J connectivity index is 2.78. The fourth-order valence-corrected chi connectivity index (χ4v) is 3.57. The van der Waals surface area contributed by atoms with Gasteiger partial charge in [0.2, 0.25) is 0 Å². The van der Waals surface area contributed by atoms with Gasteiger partial charge in [-0.05, 0) is 19.9 Å². The Morgan fingerprint density at radius 2 is 1.88 bits per heavy atom. The van der Waals surface area contributed by atoms with Crippen molar-refractivity contribution < 1.29 is 26.5 Å². The fourth-order valence-electron chi connectivity index (χ4n) is 2.71. The number of rotatable bonds is 3. The molecule has 25 heavy (non-hydrogen) atoms. The van der Waals surface area contributed by atoms with Gasteiger partial charge in [-0.15, -0.1) is 0 Å². The SMILES string of the molecule is CC1(S(C)(=O)=O)CC(F)(F)[C@@](C)(c2cc([N+](=O)[O-])ccc2F)N=C1N. The smallest absolute Gasteiger partial charge is 0.278 e. The second kappa shape index (κ2) is 5.41. The number of halogens is 3. The molecule has 7 nitrogen and oxygen atoms in total. The number of sulfone groups is 1. The number of aliphatic imine (C=N–C) groups is 1. The molecule has 1 aromatic carbocycles. The lowest BCUT2D eigenvalue weighted by atomic mass is 9.78. The molecule has 138 valence electrons. The number of amidine groups is 1. The molecule has 11 heteroatoms. The van der Waals surface area contributed by atoms with Crippen LogP contribution in [0.2, 0.25) is 0 Å². The normalized spacial score (nSPS) is 29.1. The number of nitrogens with zero attached hydrogens (tertiary/aromatic N) is 2. The zero-order valence-electron chi connectivity index (χ0n) is 13.6. The van der Waals surface area contributed by atoms with Crippen LogP contribution >= 0.6 is 0 Å². The lowest BCUT2D eigenvalue weighted by Crippen LogP contribution is -2.60. The summed E-state index contributed by atoms with van der Waals surface area (Å²) >= 11 is 0. The van der Waals surface area contributed by atoms with E-state index in [1.165, 1.54) is 0 Å². The van der Waals surface area contributed by atoms with E-state index in [1.807, 2.05) is 0 Å². The van der Waals surface area contributed by atoms with Gasteiger partial charge < -0.3 is 5.73 Å². The summed E-state index contributed by atoms with van der Waals surface area (Å²) in [5, 5.41) is 10.9. The van der Waals surface area contributed by atoms with Crippen molar-refractivity contribution in [2.24, 2.45) is 10.7 Å². The monoisotopic (exact) mass is 379 g/mol. The Morgan fingerprint density at radius 3 is 2.36 bits per heavy atom. The molecular weight excluding hydrogens is 363 g/mol. The van der Waals surface area contributed by atoms with Crippen LogP contribution in [0.25, 0.3) is 0 Å². The Labute approximate surface area is 141 Å². The van der Waals surface area contributed by atoms with Crippen molar-refractivity contribution in [3.63, 3.8) is 0 Å². The lowest BCUT2D eigenvalue weighted by molar-refractivity contribution is -0.385. The maximum Gasteiger partial charge on any atom is 0.278 e. The van der Waals surface area contributed by atoms with Crippen molar-refractivity contribution in [2.75, 3.05) is 6.26 Å². The first kappa shape index (κ1) is 19.2. The van der Waals surface area contributed by atoms with Crippen molar-refractivity contribution in [3.05, 3.63) is 39.7 Å². The van der Waals surface area contributed by atoms with Crippen molar-refractivity contribution in [1.82, 2.24) is 0 Å². The topological polar surface area (TPSA) is 116 Å². The van der Waals surface area contributed by atoms with Gasteiger partial charge in [0.05, 0.1) is 4.92 Å². The standard InChI is InChI=1S/C14H16F3N3O4S/c1-12(25(3,23)24)7-14(16,17)13(2,19-11(12)18)9-6-8(20(21)22)4-5-10(9)15/h4-6H,7H2,1-3H3,(H2,18,19)/t12?,13-/m1/s1. The minimum Gasteiger partial charge on any atom is -0.386 e. The molecule has 0 saturated carbocycles. The molecule has 0 saturated heterocycles. The molecule has 2 N–H and O–H groups in total. The van der Waals surface area contributed by atoms with Gasteiger partial charge in [-0.25, -0.2) is 21.6 Å². The summed E-state index contributed by atoms with van der Waals surface area (Å²) in [6, 6.07) is 2.17. The van der Waals surface area contributed by atoms with Crippen LogP contribution in [0.15, 0.2) is 23.2 Å². The fraction of sp³-hybridized carbons (Fsp3) is 0.500. The van der Waals surface area contributed by atoms with E-state index in [9.17, 15) is 31.7 Å². The average Bonchev–Trinajstić information content (AvgIpc) is 2.43. The number of hydrogen-bond acceptors (Lipinski definition) is 6. The van der Waals surface area contributed by atoms with Crippen molar-refractivity contribution in [2.45, 2.75) is 36.5 Å². The van der Waals surface area contributed by atoms with Gasteiger partial charge in [-0.2, -0.15) is 0 Å². The van der Waals surface area contributed by atoms with Gasteiger partial charge >= 0.3 is 0 Å². The number of nitro benzene ring substituents is 1. The van der Waals surface area contributed by atoms with Gasteiger partial charge in [0.15, 0.2) is 15.4 Å². The van der Waals surface area contributed by atoms with E-state index >= 15 is 0 Å². The minimum absolute atomic E-state index is 0.598. The molecule has 0 spiro atoms. The molecule has 0 amide bonds. The maximum atomic E-state index is 14.9. The molecule has 0 bridgehead atoms. The van der Waals surface area contributed by atoms with Crippen molar-refractivity contribution >= 4 is 21.4 Å². The summed E-state index contributed by atoms with van der Waals surface area (Å²) in [6.07, 6.45) is -0.477. The first-order valence-electron chi connectivity index (χ1n) is 7.03. The largest absolute Gasteiger partial charge is 0.386 e. The molecule has 0 radical (unpaired) electrons. The molecule has 1 aromatic rings. The van der Waals surface area contributed by atoms with Crippen LogP contribution in [0.5, 0.6) is 0 Å². The number of hydrogen-bond donors (Lipinski definition) is 1. The van der Waals surface area contributed by atoms with Gasteiger partial charge in [0.1, 0.15) is 16.4 Å². The predicted octanol–water partition coefficient (Wildman–Crippen LogP) is 2.15. The Hall–Kier alpha value is -2.17. The van der Waals surface area contributed by atoms with Gasteiger partial charge in [0.25, 0.3) is 11.6 Å². The first-order chi connectivity index (χ1) is 11.2. The van der Waals surface area contributed by atoms with E-state index in [2.05, 4.69) is 4.99 Å². The van der Waals surface area contributed by atoms with Crippen LogP contribution in [0.1, 0.15) is 25.8 Å². The van der Waals surface area contributed by atoms with E-state index in [-0.39, 0.29) is 0 Å². The number of benzene rings is 1. The van der Waals surface area contributed by atoms with Crippen LogP contribution in [0.3, 0.4) is 0 Å². The third-order valence-electron chi connectivity index (χ3n) is 4.66. The average molecular weight is 379 g/mol. The maximum absolute atomic E-state index is 14.9. The molecule has 1 aliphatic rings. The molecule has 0 fully saturated rings. The second-order valence-corrected chi connectivity index (χ2v) is 8.82. The minimum atomic E-state index is -4.05. The van der Waals surface area contributed by atoms with E-state index in [1.54, 1.807) is 0 Å². The highest BCUT2D eigenvalue weighted by Gasteiger charge is 2.63. The molecule has 1 heterocycles. The summed E-state index contributed by atoms with van der Waals surface area (Å²) in [7, 11) is -4.05. The summed E-state index contributed by atoms with van der Waals surface area (Å²) in [5.41, 5.74) is 1.75. The Morgan fingerprint density at radius 1 is 1.32 bits per heavy atom. The van der Waals surface area contributed by atoms with Crippen molar-refractivity contribution in [1.29, 1.82) is 0 Å². The van der Waals surface area contributed by atoms with Gasteiger partial charge in [-0.1, -0.05) is 0 Å². The van der Waals surface area contributed by atoms with Crippen LogP contribution < -0.4 is 5.73 Å². The van der Waals surface area contributed by atoms with Crippen LogP contribution in [-0.4, -0.2) is 36.1 Å². The molecule has 0 aliphatic carbocycles. The van der Waals surface area contributed by atoms with Crippen molar-refractivity contribution in [3.8, 4) is 0 Å². The third kappa shape index (κ3) is 2.75. The zero-order chi connectivity index (χ0) is 19.4. The molecule has 2 rings (SSSR count). The summed E-state index contributed by atoms with van der Waals surface area (Å²) in [5.74, 6) is -5.56. The molecule has 2 atom stereocenters. The first-order valence-corrected chi connectivity index (χ1v) is 8.92. The Kier molecular flexibility index (Phi) is 4.15. The number of nitrogens with two attached hydrogens (primary N) is 1. The van der Waals surface area contributed by atoms with Gasteiger partial charge in [0, 0.05) is 30.4 Å². The van der Waals surface area contributed by atoms with E-state index in [0.717, 1.165) is 26.2 Å². The lowest BCUT2D eigenvalue weighted by Gasteiger charge is -2.44. The van der Waals surface area contributed by atoms with Crippen LogP contribution in [0.4, 0.5) is 18.9 Å². The van der Waals surface area contributed by atoms with Gasteiger partial charge in [-0.3, -0.25) is 15.1 Å². The predicted molar refractivity (Wildman–Crippen MR) is 84.8 cm³/mol. The molecular formula is C14H16F3N3O4S. The van der Waals surface area contributed by atoms with Crippen LogP contribution in [0, 0.1) is 15.9 Å². The number of alkyl halides is 2. The third-order valence-corrected chi connectivity index (χ3v) is 6.65. The summed E-state index contributed by atoms with van der Waals surface area (Å²) in [4.78, 5) is 13.6. The highest BCUT2D eigenvalue weighted by Crippen LogP contribution is 2.51. The summed E-state index contributed by atoms with van der Waals surface area (Å²) < 4.78 is 65.6. The quantitative estimate of drug-likeness (QED) is 0.638. The molecule has 1 aliphatic heterocycles. The molecule has 1 unspecified atom stereocenters. The second-order valence-electron chi connectivity index (χ2n) is 6.37. The highest BCUT2D eigenvalue weighted by atomic mass is 32.2. The Bertz CT molecular complexity index is 887. The molecule has 0 aromatic heterocycles. The zero-order valence-corrected chi connectivity index (χ0v) is 14.4. The summed E-state index contributed by atoms with van der Waals surface area (Å²) in [6.45, 7) is 1.88. The van der Waals surface area contributed by atoms with E-state index in [0.29, 0.717) is 12.1 Å². The van der Waals surface area contributed by atoms with E-state index < -0.39 is 60.3 Å². The van der Waals surface area contributed by atoms with E-state index in [4.69, 9.17) is 5.73 Å².